The van der Waals surface area contributed by atoms with Gasteiger partial charge in [-0.1, -0.05) is 0 Å². The predicted octanol–water partition coefficient (Wildman–Crippen LogP) is 2.22. The van der Waals surface area contributed by atoms with Crippen molar-refractivity contribution in [2.45, 2.75) is 6.92 Å². The summed E-state index contributed by atoms with van der Waals surface area (Å²) in [6.07, 6.45) is 0. The molecule has 1 N–H and O–H groups in total. The van der Waals surface area contributed by atoms with E-state index < -0.39 is 0 Å². The summed E-state index contributed by atoms with van der Waals surface area (Å²) >= 11 is 0. The number of anilines is 1. The van der Waals surface area contributed by atoms with Gasteiger partial charge >= 0.3 is 0 Å². The van der Waals surface area contributed by atoms with Gasteiger partial charge < -0.3 is 14.6 Å². The van der Waals surface area contributed by atoms with Crippen molar-refractivity contribution in [1.82, 2.24) is 4.98 Å². The fraction of sp³-hybridized carbons (Fsp3) is 0.200. The average molecular weight is 267 g/mol. The van der Waals surface area contributed by atoms with Gasteiger partial charge in [0.1, 0.15) is 11.8 Å². The second-order valence-electron chi connectivity index (χ2n) is 4.76. The number of carbonyl (C=O) groups excluding carboxylic acids is 1. The number of hydrogen-bond acceptors (Lipinski definition) is 3. The van der Waals surface area contributed by atoms with Gasteiger partial charge in [0.2, 0.25) is 0 Å². The van der Waals surface area contributed by atoms with Crippen LogP contribution in [0.25, 0.3) is 11.3 Å². The van der Waals surface area contributed by atoms with Crippen LogP contribution in [0.1, 0.15) is 11.3 Å². The van der Waals surface area contributed by atoms with Crippen molar-refractivity contribution in [3.8, 4) is 23.1 Å². The van der Waals surface area contributed by atoms with E-state index in [1.54, 1.807) is 11.9 Å². The number of amides is 1. The van der Waals surface area contributed by atoms with E-state index in [1.807, 2.05) is 31.2 Å². The quantitative estimate of drug-likeness (QED) is 0.861. The van der Waals surface area contributed by atoms with Gasteiger partial charge in [-0.2, -0.15) is 5.26 Å². The molecule has 100 valence electrons. The monoisotopic (exact) mass is 267 g/mol. The van der Waals surface area contributed by atoms with Crippen LogP contribution in [0.15, 0.2) is 24.3 Å². The number of nitrogens with zero attached hydrogens (tertiary/aromatic N) is 2. The average Bonchev–Trinajstić information content (AvgIpc) is 2.84. The van der Waals surface area contributed by atoms with Gasteiger partial charge in [0.25, 0.3) is 5.91 Å². The number of aromatic nitrogens is 1. The van der Waals surface area contributed by atoms with Gasteiger partial charge in [-0.05, 0) is 31.2 Å². The van der Waals surface area contributed by atoms with Gasteiger partial charge in [-0.25, -0.2) is 0 Å². The number of rotatable bonds is 1. The number of nitrogens with one attached hydrogen (secondary N) is 1. The standard InChI is InChI=1S/C15H13N3O2/c1-9-11(7-16)5-12(17-9)10-3-4-14-13(6-10)18(2)15(19)8-20-14/h3-6,17H,8H2,1-2H3. The third kappa shape index (κ3) is 1.82. The van der Waals surface area contributed by atoms with Crippen LogP contribution in [0, 0.1) is 18.3 Å². The maximum atomic E-state index is 11.7. The normalized spacial score (nSPS) is 13.7. The number of carbonyl (C=O) groups is 1. The van der Waals surface area contributed by atoms with Gasteiger partial charge in [0.05, 0.1) is 11.3 Å². The summed E-state index contributed by atoms with van der Waals surface area (Å²) in [6, 6.07) is 9.59. The number of aryl methyl sites for hydroxylation is 1. The molecule has 0 atom stereocenters. The first-order valence-corrected chi connectivity index (χ1v) is 6.23. The Hall–Kier alpha value is -2.74. The molecule has 0 fully saturated rings. The predicted molar refractivity (Wildman–Crippen MR) is 74.6 cm³/mol. The fourth-order valence-corrected chi connectivity index (χ4v) is 2.27. The fourth-order valence-electron chi connectivity index (χ4n) is 2.27. The molecule has 1 aliphatic rings. The zero-order valence-electron chi connectivity index (χ0n) is 11.2. The summed E-state index contributed by atoms with van der Waals surface area (Å²) in [6.45, 7) is 1.93. The van der Waals surface area contributed by atoms with Crippen LogP contribution in [0.4, 0.5) is 5.69 Å². The number of nitriles is 1. The lowest BCUT2D eigenvalue weighted by atomic mass is 10.1. The second kappa shape index (κ2) is 4.42. The highest BCUT2D eigenvalue weighted by Gasteiger charge is 2.22. The topological polar surface area (TPSA) is 69.1 Å². The first-order chi connectivity index (χ1) is 9.60. The van der Waals surface area contributed by atoms with Crippen LogP contribution < -0.4 is 9.64 Å². The second-order valence-corrected chi connectivity index (χ2v) is 4.76. The summed E-state index contributed by atoms with van der Waals surface area (Å²) in [4.78, 5) is 16.4. The lowest BCUT2D eigenvalue weighted by molar-refractivity contribution is -0.120. The Bertz CT molecular complexity index is 740. The Kier molecular flexibility index (Phi) is 2.72. The van der Waals surface area contributed by atoms with Crippen molar-refractivity contribution < 1.29 is 9.53 Å². The Balaban J connectivity index is 2.08. The van der Waals surface area contributed by atoms with Crippen molar-refractivity contribution in [3.63, 3.8) is 0 Å². The largest absolute Gasteiger partial charge is 0.482 e. The minimum Gasteiger partial charge on any atom is -0.482 e. The van der Waals surface area contributed by atoms with Crippen LogP contribution in [-0.4, -0.2) is 24.5 Å². The molecule has 0 aliphatic carbocycles. The van der Waals surface area contributed by atoms with Crippen LogP contribution in [0.5, 0.6) is 5.75 Å². The molecule has 3 rings (SSSR count). The summed E-state index contributed by atoms with van der Waals surface area (Å²) < 4.78 is 5.39. The smallest absolute Gasteiger partial charge is 0.264 e. The summed E-state index contributed by atoms with van der Waals surface area (Å²) in [5, 5.41) is 9.00. The molecule has 5 heteroatoms. The Morgan fingerprint density at radius 2 is 2.20 bits per heavy atom. The zero-order chi connectivity index (χ0) is 14.3. The molecular weight excluding hydrogens is 254 g/mol. The molecule has 2 aromatic rings. The van der Waals surface area contributed by atoms with Gasteiger partial charge in [0.15, 0.2) is 6.61 Å². The highest BCUT2D eigenvalue weighted by atomic mass is 16.5. The number of hydrogen-bond donors (Lipinski definition) is 1. The van der Waals surface area contributed by atoms with E-state index in [0.717, 1.165) is 22.6 Å². The molecule has 2 heterocycles. The minimum absolute atomic E-state index is 0.0725. The number of benzene rings is 1. The van der Waals surface area contributed by atoms with Gasteiger partial charge in [0, 0.05) is 24.0 Å². The number of likely N-dealkylation sites (N-methyl/N-ethyl adjacent to an activating group) is 1. The minimum atomic E-state index is -0.0740. The maximum Gasteiger partial charge on any atom is 0.264 e. The summed E-state index contributed by atoms with van der Waals surface area (Å²) in [5.41, 5.74) is 3.97. The van der Waals surface area contributed by atoms with Crippen molar-refractivity contribution in [2.24, 2.45) is 0 Å². The van der Waals surface area contributed by atoms with E-state index in [2.05, 4.69) is 11.1 Å². The van der Waals surface area contributed by atoms with E-state index >= 15 is 0 Å². The molecule has 1 aliphatic heterocycles. The van der Waals surface area contributed by atoms with E-state index in [1.165, 1.54) is 0 Å². The van der Waals surface area contributed by atoms with Crippen LogP contribution in [0.3, 0.4) is 0 Å². The maximum absolute atomic E-state index is 11.7. The van der Waals surface area contributed by atoms with Crippen LogP contribution in [-0.2, 0) is 4.79 Å². The van der Waals surface area contributed by atoms with Crippen molar-refractivity contribution in [3.05, 3.63) is 35.5 Å². The Morgan fingerprint density at radius 1 is 1.40 bits per heavy atom. The van der Waals surface area contributed by atoms with Crippen molar-refractivity contribution >= 4 is 11.6 Å². The highest BCUT2D eigenvalue weighted by molar-refractivity contribution is 5.98. The number of ether oxygens (including phenoxy) is 1. The third-order valence-corrected chi connectivity index (χ3v) is 3.49. The zero-order valence-corrected chi connectivity index (χ0v) is 11.2. The summed E-state index contributed by atoms with van der Waals surface area (Å²) in [5.74, 6) is 0.620. The highest BCUT2D eigenvalue weighted by Crippen LogP contribution is 2.35. The molecule has 0 radical (unpaired) electrons. The van der Waals surface area contributed by atoms with E-state index in [4.69, 9.17) is 10.00 Å². The molecule has 0 saturated carbocycles. The molecular formula is C15H13N3O2. The molecule has 0 unspecified atom stereocenters. The molecule has 1 aromatic carbocycles. The van der Waals surface area contributed by atoms with Crippen LogP contribution >= 0.6 is 0 Å². The lowest BCUT2D eigenvalue weighted by Gasteiger charge is -2.26. The molecule has 5 nitrogen and oxygen atoms in total. The number of fused-ring (bicyclic) bond motifs is 1. The molecule has 20 heavy (non-hydrogen) atoms. The Labute approximate surface area is 116 Å². The summed E-state index contributed by atoms with van der Waals surface area (Å²) in [7, 11) is 1.73. The van der Waals surface area contributed by atoms with Crippen molar-refractivity contribution in [2.75, 3.05) is 18.6 Å². The first-order valence-electron chi connectivity index (χ1n) is 6.23. The molecule has 0 bridgehead atoms. The Morgan fingerprint density at radius 3 is 2.90 bits per heavy atom. The molecule has 0 spiro atoms. The van der Waals surface area contributed by atoms with E-state index in [9.17, 15) is 4.79 Å². The van der Waals surface area contributed by atoms with E-state index in [0.29, 0.717) is 11.3 Å². The van der Waals surface area contributed by atoms with Gasteiger partial charge in [-0.3, -0.25) is 4.79 Å². The van der Waals surface area contributed by atoms with Crippen LogP contribution in [0.2, 0.25) is 0 Å². The molecule has 1 aromatic heterocycles. The SMILES string of the molecule is Cc1[nH]c(-c2ccc3c(c2)N(C)C(=O)CO3)cc1C#N. The first kappa shape index (κ1) is 12.3. The van der Waals surface area contributed by atoms with Crippen molar-refractivity contribution in [1.29, 1.82) is 5.26 Å². The molecule has 1 amide bonds. The number of H-pyrrole nitrogens is 1. The third-order valence-electron chi connectivity index (χ3n) is 3.49. The lowest BCUT2D eigenvalue weighted by Crippen LogP contribution is -2.35. The molecule has 0 saturated heterocycles. The van der Waals surface area contributed by atoms with E-state index in [-0.39, 0.29) is 12.5 Å². The number of aromatic amines is 1. The van der Waals surface area contributed by atoms with Gasteiger partial charge in [-0.15, -0.1) is 0 Å².